The minimum atomic E-state index is 0.591. The van der Waals surface area contributed by atoms with Crippen molar-refractivity contribution in [1.29, 1.82) is 0 Å². The second kappa shape index (κ2) is 5.40. The molecule has 2 nitrogen and oxygen atoms in total. The number of halogens is 1. The first kappa shape index (κ1) is 12.9. The van der Waals surface area contributed by atoms with Crippen molar-refractivity contribution in [3.05, 3.63) is 28.2 Å². The number of nitrogens with two attached hydrogens (primary N) is 1. The second-order valence-electron chi connectivity index (χ2n) is 5.15. The van der Waals surface area contributed by atoms with Crippen molar-refractivity contribution in [2.75, 3.05) is 11.4 Å². The Hall–Kier alpha value is -0.540. The lowest BCUT2D eigenvalue weighted by Crippen LogP contribution is -2.40. The van der Waals surface area contributed by atoms with E-state index in [9.17, 15) is 0 Å². The third-order valence-corrected chi connectivity index (χ3v) is 4.46. The van der Waals surface area contributed by atoms with Gasteiger partial charge in [0.1, 0.15) is 0 Å². The van der Waals surface area contributed by atoms with Gasteiger partial charge < -0.3 is 10.6 Å². The Morgan fingerprint density at radius 2 is 2.18 bits per heavy atom. The summed E-state index contributed by atoms with van der Waals surface area (Å²) in [5, 5.41) is 0. The monoisotopic (exact) mass is 296 g/mol. The van der Waals surface area contributed by atoms with Crippen LogP contribution in [0.5, 0.6) is 0 Å². The van der Waals surface area contributed by atoms with Crippen LogP contribution in [0.15, 0.2) is 22.7 Å². The Kier molecular flexibility index (Phi) is 4.10. The number of hydrogen-bond donors (Lipinski definition) is 1. The summed E-state index contributed by atoms with van der Waals surface area (Å²) in [4.78, 5) is 2.51. The molecule has 0 saturated carbocycles. The quantitative estimate of drug-likeness (QED) is 0.905. The van der Waals surface area contributed by atoms with E-state index >= 15 is 0 Å². The molecule has 0 amide bonds. The highest BCUT2D eigenvalue weighted by Crippen LogP contribution is 2.30. The number of hydrogen-bond acceptors (Lipinski definition) is 2. The minimum Gasteiger partial charge on any atom is -0.369 e. The summed E-state index contributed by atoms with van der Waals surface area (Å²) < 4.78 is 1.13. The van der Waals surface area contributed by atoms with Gasteiger partial charge >= 0.3 is 0 Å². The van der Waals surface area contributed by atoms with Crippen molar-refractivity contribution in [2.24, 2.45) is 11.7 Å². The molecule has 1 aromatic rings. The lowest BCUT2D eigenvalue weighted by atomic mass is 9.93. The van der Waals surface area contributed by atoms with Crippen molar-refractivity contribution < 1.29 is 0 Å². The van der Waals surface area contributed by atoms with E-state index in [0.717, 1.165) is 16.9 Å². The molecule has 1 aromatic carbocycles. The van der Waals surface area contributed by atoms with E-state index in [-0.39, 0.29) is 0 Å². The molecule has 0 spiro atoms. The van der Waals surface area contributed by atoms with Crippen LogP contribution in [0, 0.1) is 5.92 Å². The number of anilines is 1. The number of nitrogens with zero attached hydrogens (tertiary/aromatic N) is 1. The summed E-state index contributed by atoms with van der Waals surface area (Å²) in [5.74, 6) is 0.855. The number of piperidine rings is 1. The van der Waals surface area contributed by atoms with Gasteiger partial charge in [0.05, 0.1) is 0 Å². The molecule has 94 valence electrons. The molecule has 17 heavy (non-hydrogen) atoms. The molecule has 2 atom stereocenters. The van der Waals surface area contributed by atoms with Gasteiger partial charge in [-0.1, -0.05) is 28.9 Å². The van der Waals surface area contributed by atoms with Crippen LogP contribution in [0.2, 0.25) is 0 Å². The van der Waals surface area contributed by atoms with E-state index in [1.807, 2.05) is 0 Å². The van der Waals surface area contributed by atoms with E-state index in [1.165, 1.54) is 24.1 Å². The Morgan fingerprint density at radius 1 is 1.41 bits per heavy atom. The zero-order valence-electron chi connectivity index (χ0n) is 10.6. The van der Waals surface area contributed by atoms with Gasteiger partial charge in [0.25, 0.3) is 0 Å². The molecule has 0 aliphatic carbocycles. The maximum absolute atomic E-state index is 5.68. The van der Waals surface area contributed by atoms with Crippen LogP contribution in [0.1, 0.15) is 32.3 Å². The molecule has 0 radical (unpaired) electrons. The van der Waals surface area contributed by atoms with E-state index in [4.69, 9.17) is 5.73 Å². The molecule has 1 heterocycles. The van der Waals surface area contributed by atoms with Crippen LogP contribution in [0.3, 0.4) is 0 Å². The zero-order valence-corrected chi connectivity index (χ0v) is 12.2. The summed E-state index contributed by atoms with van der Waals surface area (Å²) in [6, 6.07) is 7.16. The van der Waals surface area contributed by atoms with Gasteiger partial charge in [-0.25, -0.2) is 0 Å². The Bertz CT molecular complexity index is 392. The topological polar surface area (TPSA) is 29.3 Å². The highest BCUT2D eigenvalue weighted by atomic mass is 79.9. The Balaban J connectivity index is 2.19. The van der Waals surface area contributed by atoms with Gasteiger partial charge in [0.2, 0.25) is 0 Å². The summed E-state index contributed by atoms with van der Waals surface area (Å²) in [6.45, 7) is 6.42. The average Bonchev–Trinajstić information content (AvgIpc) is 2.29. The molecule has 3 heteroatoms. The third kappa shape index (κ3) is 2.83. The van der Waals surface area contributed by atoms with Gasteiger partial charge in [0, 0.05) is 29.3 Å². The first-order valence-electron chi connectivity index (χ1n) is 6.37. The van der Waals surface area contributed by atoms with Crippen molar-refractivity contribution in [3.8, 4) is 0 Å². The zero-order chi connectivity index (χ0) is 12.4. The van der Waals surface area contributed by atoms with Crippen LogP contribution in [-0.4, -0.2) is 12.6 Å². The normalized spacial score (nSPS) is 25.1. The van der Waals surface area contributed by atoms with Gasteiger partial charge in [-0.05, 0) is 43.4 Å². The van der Waals surface area contributed by atoms with Crippen LogP contribution >= 0.6 is 15.9 Å². The van der Waals surface area contributed by atoms with Gasteiger partial charge in [-0.15, -0.1) is 0 Å². The molecule has 1 saturated heterocycles. The molecular formula is C14H21BrN2. The van der Waals surface area contributed by atoms with Crippen LogP contribution in [0.25, 0.3) is 0 Å². The summed E-state index contributed by atoms with van der Waals surface area (Å²) in [5.41, 5.74) is 8.17. The van der Waals surface area contributed by atoms with Crippen molar-refractivity contribution in [3.63, 3.8) is 0 Å². The first-order chi connectivity index (χ1) is 8.11. The minimum absolute atomic E-state index is 0.591. The fourth-order valence-corrected chi connectivity index (χ4v) is 3.20. The Labute approximate surface area is 112 Å². The van der Waals surface area contributed by atoms with Crippen LogP contribution in [0.4, 0.5) is 5.69 Å². The molecular weight excluding hydrogens is 276 g/mol. The second-order valence-corrected chi connectivity index (χ2v) is 6.01. The molecule has 0 bridgehead atoms. The standard InChI is InChI=1S/C14H21BrN2/c1-10-5-6-17(11(2)7-10)13-4-3-12(9-16)14(15)8-13/h3-4,8,10-11H,5-7,9,16H2,1-2H3. The third-order valence-electron chi connectivity index (χ3n) is 3.73. The molecule has 1 fully saturated rings. The van der Waals surface area contributed by atoms with Crippen LogP contribution < -0.4 is 10.6 Å². The number of benzene rings is 1. The Morgan fingerprint density at radius 3 is 2.76 bits per heavy atom. The summed E-state index contributed by atoms with van der Waals surface area (Å²) in [7, 11) is 0. The summed E-state index contributed by atoms with van der Waals surface area (Å²) >= 11 is 3.60. The molecule has 1 aliphatic rings. The van der Waals surface area contributed by atoms with Crippen molar-refractivity contribution in [2.45, 2.75) is 39.3 Å². The predicted molar refractivity (Wildman–Crippen MR) is 77.2 cm³/mol. The fraction of sp³-hybridized carbons (Fsp3) is 0.571. The SMILES string of the molecule is CC1CCN(c2ccc(CN)c(Br)c2)C(C)C1. The molecule has 2 unspecified atom stereocenters. The van der Waals surface area contributed by atoms with Crippen molar-refractivity contribution >= 4 is 21.6 Å². The first-order valence-corrected chi connectivity index (χ1v) is 7.16. The molecule has 1 aliphatic heterocycles. The van der Waals surface area contributed by atoms with Gasteiger partial charge in [0.15, 0.2) is 0 Å². The lowest BCUT2D eigenvalue weighted by molar-refractivity contribution is 0.378. The maximum atomic E-state index is 5.68. The van der Waals surface area contributed by atoms with Gasteiger partial charge in [-0.3, -0.25) is 0 Å². The molecule has 2 N–H and O–H groups in total. The van der Waals surface area contributed by atoms with E-state index in [2.05, 4.69) is 52.9 Å². The summed E-state index contributed by atoms with van der Waals surface area (Å²) in [6.07, 6.45) is 2.58. The smallest absolute Gasteiger partial charge is 0.0380 e. The lowest BCUT2D eigenvalue weighted by Gasteiger charge is -2.38. The largest absolute Gasteiger partial charge is 0.369 e. The highest BCUT2D eigenvalue weighted by Gasteiger charge is 2.23. The van der Waals surface area contributed by atoms with E-state index in [1.54, 1.807) is 0 Å². The highest BCUT2D eigenvalue weighted by molar-refractivity contribution is 9.10. The number of rotatable bonds is 2. The van der Waals surface area contributed by atoms with E-state index in [0.29, 0.717) is 12.6 Å². The van der Waals surface area contributed by atoms with Crippen LogP contribution in [-0.2, 0) is 6.54 Å². The van der Waals surface area contributed by atoms with E-state index < -0.39 is 0 Å². The fourth-order valence-electron chi connectivity index (χ4n) is 2.67. The molecule has 2 rings (SSSR count). The average molecular weight is 297 g/mol. The van der Waals surface area contributed by atoms with Crippen molar-refractivity contribution in [1.82, 2.24) is 0 Å². The predicted octanol–water partition coefficient (Wildman–Crippen LogP) is 3.53. The molecule has 0 aromatic heterocycles. The maximum Gasteiger partial charge on any atom is 0.0380 e. The van der Waals surface area contributed by atoms with Gasteiger partial charge in [-0.2, -0.15) is 0 Å².